The summed E-state index contributed by atoms with van der Waals surface area (Å²) in [5, 5.41) is 3.01. The Bertz CT molecular complexity index is 579. The van der Waals surface area contributed by atoms with Crippen molar-refractivity contribution in [2.45, 2.75) is 27.2 Å². The van der Waals surface area contributed by atoms with Crippen molar-refractivity contribution in [3.05, 3.63) is 70.3 Å². The van der Waals surface area contributed by atoms with E-state index in [1.165, 1.54) is 11.1 Å². The molecule has 2 aromatic carbocycles. The molecular weight excluding hydrogens is 246 g/mol. The van der Waals surface area contributed by atoms with Gasteiger partial charge in [-0.2, -0.15) is 0 Å². The van der Waals surface area contributed by atoms with Gasteiger partial charge in [-0.05, 0) is 43.9 Å². The number of rotatable bonds is 4. The molecule has 2 heteroatoms. The van der Waals surface area contributed by atoms with Gasteiger partial charge in [0.15, 0.2) is 0 Å². The first-order chi connectivity index (χ1) is 9.58. The fourth-order valence-electron chi connectivity index (χ4n) is 2.59. The number of benzene rings is 2. The smallest absolute Gasteiger partial charge is 0.251 e. The van der Waals surface area contributed by atoms with Crippen LogP contribution in [0.1, 0.15) is 32.6 Å². The Hall–Kier alpha value is -2.09. The van der Waals surface area contributed by atoms with Crippen LogP contribution in [-0.4, -0.2) is 12.5 Å². The van der Waals surface area contributed by atoms with Crippen molar-refractivity contribution < 1.29 is 4.79 Å². The summed E-state index contributed by atoms with van der Waals surface area (Å²) < 4.78 is 0. The van der Waals surface area contributed by atoms with E-state index in [1.807, 2.05) is 32.0 Å². The van der Waals surface area contributed by atoms with Gasteiger partial charge >= 0.3 is 0 Å². The van der Waals surface area contributed by atoms with Crippen molar-refractivity contribution >= 4 is 5.91 Å². The topological polar surface area (TPSA) is 29.1 Å². The summed E-state index contributed by atoms with van der Waals surface area (Å²) in [5.74, 6) is 0.0240. The van der Waals surface area contributed by atoms with Crippen molar-refractivity contribution in [3.8, 4) is 0 Å². The lowest BCUT2D eigenvalue weighted by Crippen LogP contribution is -2.27. The minimum absolute atomic E-state index is 0.0240. The van der Waals surface area contributed by atoms with E-state index in [1.54, 1.807) is 0 Å². The largest absolute Gasteiger partial charge is 0.352 e. The SMILES string of the molecule is Cc1cc(C)c(C(=O)NCCc2ccccc2)c(C)c1. The van der Waals surface area contributed by atoms with Gasteiger partial charge in [0.05, 0.1) is 0 Å². The van der Waals surface area contributed by atoms with Crippen molar-refractivity contribution in [2.75, 3.05) is 6.54 Å². The highest BCUT2D eigenvalue weighted by Gasteiger charge is 2.12. The highest BCUT2D eigenvalue weighted by molar-refractivity contribution is 5.97. The monoisotopic (exact) mass is 267 g/mol. The third-order valence-corrected chi connectivity index (χ3v) is 3.45. The van der Waals surface area contributed by atoms with Crippen LogP contribution in [0.15, 0.2) is 42.5 Å². The number of aryl methyl sites for hydroxylation is 3. The van der Waals surface area contributed by atoms with Crippen molar-refractivity contribution in [1.29, 1.82) is 0 Å². The highest BCUT2D eigenvalue weighted by Crippen LogP contribution is 2.16. The fourth-order valence-corrected chi connectivity index (χ4v) is 2.59. The molecule has 1 N–H and O–H groups in total. The Morgan fingerprint density at radius 2 is 1.60 bits per heavy atom. The van der Waals surface area contributed by atoms with Crippen LogP contribution in [-0.2, 0) is 6.42 Å². The molecule has 20 heavy (non-hydrogen) atoms. The average Bonchev–Trinajstić information content (AvgIpc) is 2.38. The van der Waals surface area contributed by atoms with E-state index in [0.717, 1.165) is 23.1 Å². The Balaban J connectivity index is 1.99. The zero-order chi connectivity index (χ0) is 14.5. The molecule has 0 saturated carbocycles. The molecule has 104 valence electrons. The number of hydrogen-bond donors (Lipinski definition) is 1. The van der Waals surface area contributed by atoms with E-state index in [0.29, 0.717) is 6.54 Å². The molecule has 2 rings (SSSR count). The lowest BCUT2D eigenvalue weighted by Gasteiger charge is -2.11. The van der Waals surface area contributed by atoms with Crippen molar-refractivity contribution in [1.82, 2.24) is 5.32 Å². The first kappa shape index (κ1) is 14.3. The zero-order valence-electron chi connectivity index (χ0n) is 12.4. The van der Waals surface area contributed by atoms with Gasteiger partial charge in [-0.25, -0.2) is 0 Å². The van der Waals surface area contributed by atoms with Crippen LogP contribution in [0.5, 0.6) is 0 Å². The number of nitrogens with one attached hydrogen (secondary N) is 1. The molecule has 0 fully saturated rings. The van der Waals surface area contributed by atoms with Gasteiger partial charge in [0.2, 0.25) is 0 Å². The summed E-state index contributed by atoms with van der Waals surface area (Å²) in [6, 6.07) is 14.3. The first-order valence-corrected chi connectivity index (χ1v) is 6.98. The first-order valence-electron chi connectivity index (χ1n) is 6.98. The summed E-state index contributed by atoms with van der Waals surface area (Å²) in [6.07, 6.45) is 0.858. The van der Waals surface area contributed by atoms with E-state index < -0.39 is 0 Å². The van der Waals surface area contributed by atoms with E-state index in [4.69, 9.17) is 0 Å². The fraction of sp³-hybridized carbons (Fsp3) is 0.278. The van der Waals surface area contributed by atoms with Crippen LogP contribution in [0, 0.1) is 20.8 Å². The molecule has 0 atom stereocenters. The van der Waals surface area contributed by atoms with E-state index in [9.17, 15) is 4.79 Å². The van der Waals surface area contributed by atoms with Crippen LogP contribution in [0.3, 0.4) is 0 Å². The molecular formula is C18H21NO. The maximum absolute atomic E-state index is 12.3. The Labute approximate surface area is 120 Å². The second-order valence-electron chi connectivity index (χ2n) is 5.27. The Morgan fingerprint density at radius 1 is 1.00 bits per heavy atom. The van der Waals surface area contributed by atoms with Gasteiger partial charge in [-0.3, -0.25) is 4.79 Å². The molecule has 0 heterocycles. The van der Waals surface area contributed by atoms with Crippen molar-refractivity contribution in [2.24, 2.45) is 0 Å². The molecule has 1 amide bonds. The van der Waals surface area contributed by atoms with E-state index >= 15 is 0 Å². The Morgan fingerprint density at radius 3 is 2.20 bits per heavy atom. The summed E-state index contributed by atoms with van der Waals surface area (Å²) in [6.45, 7) is 6.70. The third-order valence-electron chi connectivity index (χ3n) is 3.45. The van der Waals surface area contributed by atoms with Gasteiger partial charge < -0.3 is 5.32 Å². The zero-order valence-corrected chi connectivity index (χ0v) is 12.4. The highest BCUT2D eigenvalue weighted by atomic mass is 16.1. The van der Waals surface area contributed by atoms with Gasteiger partial charge in [-0.15, -0.1) is 0 Å². The standard InChI is InChI=1S/C18H21NO/c1-13-11-14(2)17(15(3)12-13)18(20)19-10-9-16-7-5-4-6-8-16/h4-8,11-12H,9-10H2,1-3H3,(H,19,20). The Kier molecular flexibility index (Phi) is 4.57. The van der Waals surface area contributed by atoms with Gasteiger partial charge in [0, 0.05) is 12.1 Å². The minimum atomic E-state index is 0.0240. The van der Waals surface area contributed by atoms with Crippen LogP contribution < -0.4 is 5.32 Å². The molecule has 0 unspecified atom stereocenters. The summed E-state index contributed by atoms with van der Waals surface area (Å²) in [7, 11) is 0. The summed E-state index contributed by atoms with van der Waals surface area (Å²) in [5.41, 5.74) is 5.33. The van der Waals surface area contributed by atoms with Gasteiger partial charge in [0.1, 0.15) is 0 Å². The summed E-state index contributed by atoms with van der Waals surface area (Å²) >= 11 is 0. The molecule has 0 aliphatic carbocycles. The summed E-state index contributed by atoms with van der Waals surface area (Å²) in [4.78, 5) is 12.3. The maximum atomic E-state index is 12.3. The predicted molar refractivity (Wildman–Crippen MR) is 83.1 cm³/mol. The van der Waals surface area contributed by atoms with E-state index in [-0.39, 0.29) is 5.91 Å². The minimum Gasteiger partial charge on any atom is -0.352 e. The van der Waals surface area contributed by atoms with Gasteiger partial charge in [0.25, 0.3) is 5.91 Å². The van der Waals surface area contributed by atoms with Crippen LogP contribution in [0.25, 0.3) is 0 Å². The number of amides is 1. The number of hydrogen-bond acceptors (Lipinski definition) is 1. The molecule has 0 aliphatic rings. The predicted octanol–water partition coefficient (Wildman–Crippen LogP) is 3.58. The van der Waals surface area contributed by atoms with Gasteiger partial charge in [-0.1, -0.05) is 48.0 Å². The molecule has 0 bridgehead atoms. The molecule has 2 nitrogen and oxygen atoms in total. The quantitative estimate of drug-likeness (QED) is 0.901. The van der Waals surface area contributed by atoms with Crippen LogP contribution >= 0.6 is 0 Å². The normalized spacial score (nSPS) is 10.3. The van der Waals surface area contributed by atoms with Crippen LogP contribution in [0.2, 0.25) is 0 Å². The molecule has 0 radical (unpaired) electrons. The molecule has 0 aliphatic heterocycles. The number of carbonyl (C=O) groups is 1. The number of carbonyl (C=O) groups excluding carboxylic acids is 1. The third kappa shape index (κ3) is 3.47. The van der Waals surface area contributed by atoms with Crippen LogP contribution in [0.4, 0.5) is 0 Å². The van der Waals surface area contributed by atoms with E-state index in [2.05, 4.69) is 36.5 Å². The van der Waals surface area contributed by atoms with Crippen molar-refractivity contribution in [3.63, 3.8) is 0 Å². The maximum Gasteiger partial charge on any atom is 0.251 e. The second kappa shape index (κ2) is 6.38. The lowest BCUT2D eigenvalue weighted by molar-refractivity contribution is 0.0953. The molecule has 0 saturated heterocycles. The molecule has 0 aromatic heterocycles. The molecule has 2 aromatic rings. The molecule has 0 spiro atoms. The lowest BCUT2D eigenvalue weighted by atomic mass is 9.99. The second-order valence-corrected chi connectivity index (χ2v) is 5.27. The average molecular weight is 267 g/mol.